The predicted molar refractivity (Wildman–Crippen MR) is 76.8 cm³/mol. The Bertz CT molecular complexity index is 603. The molecule has 3 heteroatoms. The van der Waals surface area contributed by atoms with Crippen LogP contribution in [0.15, 0.2) is 54.6 Å². The minimum Gasteiger partial charge on any atom is -0.397 e. The molecule has 3 nitrogen and oxygen atoms in total. The SMILES string of the molecule is Nc1ccccc1NC(=O)C1(c2ccccc2)CC1. The number of benzene rings is 2. The number of nitrogen functional groups attached to an aromatic ring is 1. The molecule has 1 amide bonds. The highest BCUT2D eigenvalue weighted by atomic mass is 16.2. The van der Waals surface area contributed by atoms with Gasteiger partial charge in [0, 0.05) is 0 Å². The molecule has 0 radical (unpaired) electrons. The van der Waals surface area contributed by atoms with E-state index in [0.29, 0.717) is 11.4 Å². The zero-order valence-electron chi connectivity index (χ0n) is 10.6. The second-order valence-electron chi connectivity index (χ2n) is 4.99. The molecule has 96 valence electrons. The van der Waals surface area contributed by atoms with Crippen LogP contribution in [0.5, 0.6) is 0 Å². The van der Waals surface area contributed by atoms with Gasteiger partial charge in [-0.3, -0.25) is 4.79 Å². The lowest BCUT2D eigenvalue weighted by Gasteiger charge is -2.16. The number of hydrogen-bond donors (Lipinski definition) is 2. The number of carbonyl (C=O) groups is 1. The minimum atomic E-state index is -0.358. The van der Waals surface area contributed by atoms with Gasteiger partial charge in [-0.15, -0.1) is 0 Å². The molecule has 2 aromatic carbocycles. The number of hydrogen-bond acceptors (Lipinski definition) is 2. The molecule has 0 saturated heterocycles. The first-order chi connectivity index (χ1) is 9.22. The van der Waals surface area contributed by atoms with Crippen LogP contribution in [-0.2, 0) is 10.2 Å². The van der Waals surface area contributed by atoms with E-state index in [1.54, 1.807) is 6.07 Å². The fourth-order valence-electron chi connectivity index (χ4n) is 2.38. The molecule has 1 saturated carbocycles. The monoisotopic (exact) mass is 252 g/mol. The molecule has 0 bridgehead atoms. The van der Waals surface area contributed by atoms with Gasteiger partial charge in [-0.2, -0.15) is 0 Å². The van der Waals surface area contributed by atoms with Crippen LogP contribution in [0.25, 0.3) is 0 Å². The molecular weight excluding hydrogens is 236 g/mol. The molecule has 2 aromatic rings. The van der Waals surface area contributed by atoms with Crippen LogP contribution in [0.4, 0.5) is 11.4 Å². The van der Waals surface area contributed by atoms with E-state index in [-0.39, 0.29) is 11.3 Å². The minimum absolute atomic E-state index is 0.0385. The summed E-state index contributed by atoms with van der Waals surface area (Å²) in [5.41, 5.74) is 7.87. The second-order valence-corrected chi connectivity index (χ2v) is 4.99. The summed E-state index contributed by atoms with van der Waals surface area (Å²) in [5, 5.41) is 2.95. The van der Waals surface area contributed by atoms with Crippen molar-refractivity contribution in [1.82, 2.24) is 0 Å². The second kappa shape index (κ2) is 4.43. The first-order valence-electron chi connectivity index (χ1n) is 6.44. The fraction of sp³-hybridized carbons (Fsp3) is 0.188. The lowest BCUT2D eigenvalue weighted by atomic mass is 9.95. The van der Waals surface area contributed by atoms with Crippen molar-refractivity contribution in [2.75, 3.05) is 11.1 Å². The van der Waals surface area contributed by atoms with Crippen molar-refractivity contribution in [1.29, 1.82) is 0 Å². The maximum atomic E-state index is 12.5. The molecule has 0 heterocycles. The highest BCUT2D eigenvalue weighted by molar-refractivity contribution is 6.03. The summed E-state index contributed by atoms with van der Waals surface area (Å²) in [6.07, 6.45) is 1.80. The Kier molecular flexibility index (Phi) is 2.75. The number of rotatable bonds is 3. The lowest BCUT2D eigenvalue weighted by molar-refractivity contribution is -0.118. The molecule has 0 unspecified atom stereocenters. The van der Waals surface area contributed by atoms with Crippen molar-refractivity contribution in [3.05, 3.63) is 60.2 Å². The van der Waals surface area contributed by atoms with Crippen LogP contribution < -0.4 is 11.1 Å². The number of nitrogens with two attached hydrogens (primary N) is 1. The largest absolute Gasteiger partial charge is 0.397 e. The molecule has 19 heavy (non-hydrogen) atoms. The normalized spacial score (nSPS) is 15.8. The predicted octanol–water partition coefficient (Wildman–Crippen LogP) is 2.94. The average Bonchev–Trinajstić information content (AvgIpc) is 3.24. The van der Waals surface area contributed by atoms with Crippen molar-refractivity contribution in [2.45, 2.75) is 18.3 Å². The zero-order chi connectivity index (χ0) is 13.3. The van der Waals surface area contributed by atoms with Crippen molar-refractivity contribution < 1.29 is 4.79 Å². The van der Waals surface area contributed by atoms with Gasteiger partial charge >= 0.3 is 0 Å². The third kappa shape index (κ3) is 2.08. The van der Waals surface area contributed by atoms with E-state index >= 15 is 0 Å². The van der Waals surface area contributed by atoms with Gasteiger partial charge in [0.15, 0.2) is 0 Å². The molecular formula is C16H16N2O. The van der Waals surface area contributed by atoms with Crippen molar-refractivity contribution in [3.8, 4) is 0 Å². The van der Waals surface area contributed by atoms with Crippen LogP contribution in [0.3, 0.4) is 0 Å². The van der Waals surface area contributed by atoms with Crippen molar-refractivity contribution in [2.24, 2.45) is 0 Å². The Hall–Kier alpha value is -2.29. The van der Waals surface area contributed by atoms with Crippen LogP contribution >= 0.6 is 0 Å². The van der Waals surface area contributed by atoms with Crippen LogP contribution in [-0.4, -0.2) is 5.91 Å². The van der Waals surface area contributed by atoms with E-state index in [4.69, 9.17) is 5.73 Å². The van der Waals surface area contributed by atoms with Gasteiger partial charge in [0.25, 0.3) is 0 Å². The fourth-order valence-corrected chi connectivity index (χ4v) is 2.38. The summed E-state index contributed by atoms with van der Waals surface area (Å²) in [7, 11) is 0. The molecule has 0 spiro atoms. The summed E-state index contributed by atoms with van der Waals surface area (Å²) >= 11 is 0. The maximum Gasteiger partial charge on any atom is 0.235 e. The number of nitrogens with one attached hydrogen (secondary N) is 1. The standard InChI is InChI=1S/C16H16N2O/c17-13-8-4-5-9-14(13)18-15(19)16(10-11-16)12-6-2-1-3-7-12/h1-9H,10-11,17H2,(H,18,19). The summed E-state index contributed by atoms with van der Waals surface area (Å²) in [4.78, 5) is 12.5. The van der Waals surface area contributed by atoms with Gasteiger partial charge in [0.1, 0.15) is 0 Å². The van der Waals surface area contributed by atoms with E-state index in [1.165, 1.54) is 0 Å². The Morgan fingerprint density at radius 3 is 2.26 bits per heavy atom. The Morgan fingerprint density at radius 2 is 1.63 bits per heavy atom. The molecule has 0 aromatic heterocycles. The van der Waals surface area contributed by atoms with E-state index in [9.17, 15) is 4.79 Å². The Balaban J connectivity index is 1.84. The molecule has 1 aliphatic rings. The summed E-state index contributed by atoms with van der Waals surface area (Å²) in [6.45, 7) is 0. The van der Waals surface area contributed by atoms with E-state index in [1.807, 2.05) is 48.5 Å². The van der Waals surface area contributed by atoms with Gasteiger partial charge in [0.2, 0.25) is 5.91 Å². The van der Waals surface area contributed by atoms with Crippen LogP contribution in [0.2, 0.25) is 0 Å². The van der Waals surface area contributed by atoms with Gasteiger partial charge in [0.05, 0.1) is 16.8 Å². The summed E-state index contributed by atoms with van der Waals surface area (Å²) in [6, 6.07) is 17.3. The number of para-hydroxylation sites is 2. The lowest BCUT2D eigenvalue weighted by Crippen LogP contribution is -2.28. The summed E-state index contributed by atoms with van der Waals surface area (Å²) < 4.78 is 0. The number of anilines is 2. The van der Waals surface area contributed by atoms with E-state index in [2.05, 4.69) is 5.32 Å². The van der Waals surface area contributed by atoms with Crippen molar-refractivity contribution in [3.63, 3.8) is 0 Å². The first kappa shape index (κ1) is 11.8. The van der Waals surface area contributed by atoms with Gasteiger partial charge < -0.3 is 11.1 Å². The third-order valence-corrected chi connectivity index (χ3v) is 3.72. The topological polar surface area (TPSA) is 55.1 Å². The average molecular weight is 252 g/mol. The van der Waals surface area contributed by atoms with Crippen molar-refractivity contribution >= 4 is 17.3 Å². The number of amides is 1. The van der Waals surface area contributed by atoms with Gasteiger partial charge in [-0.1, -0.05) is 42.5 Å². The summed E-state index contributed by atoms with van der Waals surface area (Å²) in [5.74, 6) is 0.0385. The Labute approximate surface area is 112 Å². The molecule has 1 fully saturated rings. The maximum absolute atomic E-state index is 12.5. The molecule has 0 atom stereocenters. The van der Waals surface area contributed by atoms with E-state index < -0.39 is 0 Å². The first-order valence-corrected chi connectivity index (χ1v) is 6.44. The van der Waals surface area contributed by atoms with Crippen LogP contribution in [0, 0.1) is 0 Å². The zero-order valence-corrected chi connectivity index (χ0v) is 10.6. The highest BCUT2D eigenvalue weighted by Gasteiger charge is 2.51. The Morgan fingerprint density at radius 1 is 1.00 bits per heavy atom. The molecule has 1 aliphatic carbocycles. The smallest absolute Gasteiger partial charge is 0.235 e. The van der Waals surface area contributed by atoms with Gasteiger partial charge in [-0.05, 0) is 30.5 Å². The molecule has 0 aliphatic heterocycles. The molecule has 3 N–H and O–H groups in total. The quantitative estimate of drug-likeness (QED) is 0.825. The number of carbonyl (C=O) groups excluding carboxylic acids is 1. The third-order valence-electron chi connectivity index (χ3n) is 3.72. The van der Waals surface area contributed by atoms with E-state index in [0.717, 1.165) is 18.4 Å². The molecule has 3 rings (SSSR count). The highest BCUT2D eigenvalue weighted by Crippen LogP contribution is 2.49. The van der Waals surface area contributed by atoms with Crippen LogP contribution in [0.1, 0.15) is 18.4 Å². The van der Waals surface area contributed by atoms with Gasteiger partial charge in [-0.25, -0.2) is 0 Å².